The molecule has 0 radical (unpaired) electrons. The van der Waals surface area contributed by atoms with Crippen LogP contribution in [0.2, 0.25) is 0 Å². The van der Waals surface area contributed by atoms with E-state index in [4.69, 9.17) is 0 Å². The number of methoxy groups -OCH3 is 1. The van der Waals surface area contributed by atoms with Crippen molar-refractivity contribution < 1.29 is 9.53 Å². The Hall–Kier alpha value is -1.39. The molecular formula is C14H11BrO2S. The Morgan fingerprint density at radius 3 is 2.89 bits per heavy atom. The number of hydrogen-bond donors (Lipinski definition) is 0. The molecule has 0 aliphatic heterocycles. The van der Waals surface area contributed by atoms with Crippen molar-refractivity contribution in [1.82, 2.24) is 0 Å². The smallest absolute Gasteiger partial charge is 0.330 e. The van der Waals surface area contributed by atoms with Gasteiger partial charge in [0.2, 0.25) is 0 Å². The van der Waals surface area contributed by atoms with Crippen LogP contribution in [-0.2, 0) is 9.53 Å². The molecule has 1 aromatic carbocycles. The van der Waals surface area contributed by atoms with Gasteiger partial charge in [-0.25, -0.2) is 4.79 Å². The summed E-state index contributed by atoms with van der Waals surface area (Å²) in [6, 6.07) is 12.2. The normalized spacial score (nSPS) is 10.8. The van der Waals surface area contributed by atoms with Gasteiger partial charge in [-0.2, -0.15) is 0 Å². The molecule has 2 rings (SSSR count). The van der Waals surface area contributed by atoms with Crippen molar-refractivity contribution in [3.05, 3.63) is 51.8 Å². The minimum atomic E-state index is -0.340. The fourth-order valence-corrected chi connectivity index (χ4v) is 2.76. The molecule has 0 aliphatic rings. The third-order valence-corrected chi connectivity index (χ3v) is 3.91. The first kappa shape index (κ1) is 13.1. The second-order valence-electron chi connectivity index (χ2n) is 3.57. The van der Waals surface area contributed by atoms with Crippen LogP contribution < -0.4 is 0 Å². The first-order chi connectivity index (χ1) is 8.69. The van der Waals surface area contributed by atoms with Gasteiger partial charge in [-0.1, -0.05) is 28.1 Å². The number of benzene rings is 1. The van der Waals surface area contributed by atoms with Crippen molar-refractivity contribution in [2.45, 2.75) is 0 Å². The number of hydrogen-bond acceptors (Lipinski definition) is 3. The minimum absolute atomic E-state index is 0.340. The van der Waals surface area contributed by atoms with E-state index in [1.54, 1.807) is 17.4 Å². The van der Waals surface area contributed by atoms with Gasteiger partial charge in [0.25, 0.3) is 0 Å². The number of esters is 1. The van der Waals surface area contributed by atoms with E-state index in [0.29, 0.717) is 0 Å². The average molecular weight is 323 g/mol. The first-order valence-corrected chi connectivity index (χ1v) is 6.92. The maximum absolute atomic E-state index is 11.0. The highest BCUT2D eigenvalue weighted by atomic mass is 79.9. The molecule has 0 saturated heterocycles. The SMILES string of the molecule is COC(=O)/C=C/c1ccc(-c2cccc(Br)c2)s1. The van der Waals surface area contributed by atoms with Crippen LogP contribution in [0.15, 0.2) is 46.9 Å². The van der Waals surface area contributed by atoms with E-state index in [-0.39, 0.29) is 5.97 Å². The second kappa shape index (κ2) is 5.98. The van der Waals surface area contributed by atoms with Crippen molar-refractivity contribution in [2.75, 3.05) is 7.11 Å². The maximum atomic E-state index is 11.0. The summed E-state index contributed by atoms with van der Waals surface area (Å²) in [6.45, 7) is 0. The van der Waals surface area contributed by atoms with Gasteiger partial charge in [-0.3, -0.25) is 0 Å². The minimum Gasteiger partial charge on any atom is -0.466 e. The largest absolute Gasteiger partial charge is 0.466 e. The lowest BCUT2D eigenvalue weighted by Gasteiger charge is -1.97. The van der Waals surface area contributed by atoms with Crippen LogP contribution >= 0.6 is 27.3 Å². The van der Waals surface area contributed by atoms with Crippen molar-refractivity contribution in [3.63, 3.8) is 0 Å². The Kier molecular flexibility index (Phi) is 4.33. The summed E-state index contributed by atoms with van der Waals surface area (Å²) >= 11 is 5.09. The summed E-state index contributed by atoms with van der Waals surface area (Å²) in [7, 11) is 1.37. The topological polar surface area (TPSA) is 26.3 Å². The molecular weight excluding hydrogens is 312 g/mol. The van der Waals surface area contributed by atoms with Gasteiger partial charge < -0.3 is 4.74 Å². The Balaban J connectivity index is 2.20. The maximum Gasteiger partial charge on any atom is 0.330 e. The molecule has 0 bridgehead atoms. The lowest BCUT2D eigenvalue weighted by molar-refractivity contribution is -0.134. The van der Waals surface area contributed by atoms with E-state index < -0.39 is 0 Å². The van der Waals surface area contributed by atoms with E-state index in [1.807, 2.05) is 24.3 Å². The van der Waals surface area contributed by atoms with E-state index in [9.17, 15) is 4.79 Å². The van der Waals surface area contributed by atoms with Crippen LogP contribution in [0.4, 0.5) is 0 Å². The zero-order chi connectivity index (χ0) is 13.0. The molecule has 4 heteroatoms. The quantitative estimate of drug-likeness (QED) is 0.619. The fourth-order valence-electron chi connectivity index (χ4n) is 1.46. The van der Waals surface area contributed by atoms with Crippen LogP contribution in [-0.4, -0.2) is 13.1 Å². The summed E-state index contributed by atoms with van der Waals surface area (Å²) in [5.41, 5.74) is 1.16. The summed E-state index contributed by atoms with van der Waals surface area (Å²) in [5.74, 6) is -0.340. The van der Waals surface area contributed by atoms with Gasteiger partial charge in [0, 0.05) is 20.3 Å². The summed E-state index contributed by atoms with van der Waals surface area (Å²) in [5, 5.41) is 0. The third kappa shape index (κ3) is 3.31. The van der Waals surface area contributed by atoms with E-state index in [1.165, 1.54) is 18.1 Å². The molecule has 2 nitrogen and oxygen atoms in total. The molecule has 0 N–H and O–H groups in total. The van der Waals surface area contributed by atoms with Gasteiger partial charge in [-0.15, -0.1) is 11.3 Å². The van der Waals surface area contributed by atoms with Crippen molar-refractivity contribution in [3.8, 4) is 10.4 Å². The summed E-state index contributed by atoms with van der Waals surface area (Å²) in [4.78, 5) is 13.2. The molecule has 18 heavy (non-hydrogen) atoms. The average Bonchev–Trinajstić information content (AvgIpc) is 2.84. The van der Waals surface area contributed by atoms with Gasteiger partial charge >= 0.3 is 5.97 Å². The number of ether oxygens (including phenoxy) is 1. The van der Waals surface area contributed by atoms with Gasteiger partial charge in [-0.05, 0) is 35.9 Å². The van der Waals surface area contributed by atoms with Crippen molar-refractivity contribution in [1.29, 1.82) is 0 Å². The predicted octanol–water partition coefficient (Wildman–Crippen LogP) is 4.36. The highest BCUT2D eigenvalue weighted by Gasteiger charge is 2.02. The van der Waals surface area contributed by atoms with E-state index in [0.717, 1.165) is 14.9 Å². The lowest BCUT2D eigenvalue weighted by atomic mass is 10.2. The molecule has 0 spiro atoms. The fraction of sp³-hybridized carbons (Fsp3) is 0.0714. The van der Waals surface area contributed by atoms with Gasteiger partial charge in [0.05, 0.1) is 7.11 Å². The second-order valence-corrected chi connectivity index (χ2v) is 5.60. The molecule has 0 unspecified atom stereocenters. The van der Waals surface area contributed by atoms with Crippen molar-refractivity contribution >= 4 is 39.3 Å². The molecule has 1 heterocycles. The zero-order valence-corrected chi connectivity index (χ0v) is 12.1. The molecule has 0 fully saturated rings. The number of carbonyl (C=O) groups excluding carboxylic acids is 1. The highest BCUT2D eigenvalue weighted by Crippen LogP contribution is 2.30. The standard InChI is InChI=1S/C14H11BrO2S/c1-17-14(16)8-6-12-5-7-13(18-12)10-3-2-4-11(15)9-10/h2-9H,1H3/b8-6+. The molecule has 2 aromatic rings. The number of carbonyl (C=O) groups is 1. The van der Waals surface area contributed by atoms with E-state index in [2.05, 4.69) is 32.8 Å². The molecule has 0 atom stereocenters. The molecule has 1 aromatic heterocycles. The molecule has 0 amide bonds. The Bertz CT molecular complexity index is 587. The van der Waals surface area contributed by atoms with Crippen LogP contribution in [0.1, 0.15) is 4.88 Å². The Morgan fingerprint density at radius 1 is 1.33 bits per heavy atom. The number of halogens is 1. The lowest BCUT2D eigenvalue weighted by Crippen LogP contribution is -1.92. The highest BCUT2D eigenvalue weighted by molar-refractivity contribution is 9.10. The van der Waals surface area contributed by atoms with Crippen LogP contribution in [0.5, 0.6) is 0 Å². The van der Waals surface area contributed by atoms with E-state index >= 15 is 0 Å². The Labute approximate surface area is 118 Å². The Morgan fingerprint density at radius 2 is 2.17 bits per heavy atom. The summed E-state index contributed by atoms with van der Waals surface area (Å²) in [6.07, 6.45) is 3.19. The molecule has 0 saturated carbocycles. The summed E-state index contributed by atoms with van der Waals surface area (Å²) < 4.78 is 5.61. The van der Waals surface area contributed by atoms with Crippen LogP contribution in [0, 0.1) is 0 Å². The predicted molar refractivity (Wildman–Crippen MR) is 78.5 cm³/mol. The number of thiophene rings is 1. The van der Waals surface area contributed by atoms with Gasteiger partial charge in [0.1, 0.15) is 0 Å². The number of rotatable bonds is 3. The third-order valence-electron chi connectivity index (χ3n) is 2.32. The molecule has 92 valence electrons. The van der Waals surface area contributed by atoms with Crippen molar-refractivity contribution in [2.24, 2.45) is 0 Å². The zero-order valence-electron chi connectivity index (χ0n) is 9.72. The molecule has 0 aliphatic carbocycles. The van der Waals surface area contributed by atoms with Crippen LogP contribution in [0.3, 0.4) is 0 Å². The van der Waals surface area contributed by atoms with Gasteiger partial charge in [0.15, 0.2) is 0 Å². The van der Waals surface area contributed by atoms with Crippen LogP contribution in [0.25, 0.3) is 16.5 Å². The first-order valence-electron chi connectivity index (χ1n) is 5.31. The monoisotopic (exact) mass is 322 g/mol.